The molecule has 2 aromatic rings. The van der Waals surface area contributed by atoms with Crippen LogP contribution in [0.4, 0.5) is 11.4 Å². The van der Waals surface area contributed by atoms with Crippen LogP contribution in [-0.2, 0) is 11.3 Å². The molecular formula is C15H12BrClN2O2. The van der Waals surface area contributed by atoms with E-state index in [4.69, 9.17) is 16.3 Å². The first-order valence-corrected chi connectivity index (χ1v) is 7.53. The fraction of sp³-hybridized carbons (Fsp3) is 0.133. The maximum absolute atomic E-state index is 11.3. The Hall–Kier alpha value is -1.72. The van der Waals surface area contributed by atoms with Crippen LogP contribution in [-0.4, -0.2) is 12.5 Å². The summed E-state index contributed by atoms with van der Waals surface area (Å²) in [6.07, 6.45) is 0. The molecule has 21 heavy (non-hydrogen) atoms. The van der Waals surface area contributed by atoms with Crippen LogP contribution in [0.25, 0.3) is 0 Å². The number of rotatable bonds is 3. The largest absolute Gasteiger partial charge is 0.482 e. The van der Waals surface area contributed by atoms with Gasteiger partial charge in [0.25, 0.3) is 5.91 Å². The molecule has 6 heteroatoms. The Morgan fingerprint density at radius 1 is 1.29 bits per heavy atom. The number of benzene rings is 2. The van der Waals surface area contributed by atoms with Crippen LogP contribution in [0.5, 0.6) is 5.75 Å². The first kappa shape index (κ1) is 14.2. The molecule has 0 saturated carbocycles. The number of ether oxygens (including phenoxy) is 1. The standard InChI is InChI=1S/C15H12BrClN2O2/c16-11-6-10(2-3-12(11)17)18-7-9-1-4-14-13(5-9)19-15(20)8-21-14/h1-6,18H,7-8H2,(H,19,20). The van der Waals surface area contributed by atoms with Gasteiger partial charge in [-0.05, 0) is 51.8 Å². The van der Waals surface area contributed by atoms with E-state index >= 15 is 0 Å². The number of halogens is 2. The molecule has 2 N–H and O–H groups in total. The van der Waals surface area contributed by atoms with Crippen molar-refractivity contribution in [2.75, 3.05) is 17.2 Å². The van der Waals surface area contributed by atoms with E-state index < -0.39 is 0 Å². The summed E-state index contributed by atoms with van der Waals surface area (Å²) in [6.45, 7) is 0.709. The second kappa shape index (κ2) is 5.95. The smallest absolute Gasteiger partial charge is 0.262 e. The molecule has 108 valence electrons. The Balaban J connectivity index is 1.72. The van der Waals surface area contributed by atoms with E-state index in [1.807, 2.05) is 36.4 Å². The first-order chi connectivity index (χ1) is 10.1. The summed E-state index contributed by atoms with van der Waals surface area (Å²) in [5.41, 5.74) is 2.72. The molecule has 0 aromatic heterocycles. The lowest BCUT2D eigenvalue weighted by molar-refractivity contribution is -0.118. The average Bonchev–Trinajstić information content (AvgIpc) is 2.48. The maximum Gasteiger partial charge on any atom is 0.262 e. The zero-order valence-electron chi connectivity index (χ0n) is 11.0. The highest BCUT2D eigenvalue weighted by Crippen LogP contribution is 2.29. The molecular weight excluding hydrogens is 356 g/mol. The summed E-state index contributed by atoms with van der Waals surface area (Å²) in [5, 5.41) is 6.78. The van der Waals surface area contributed by atoms with Gasteiger partial charge in [0, 0.05) is 16.7 Å². The van der Waals surface area contributed by atoms with Gasteiger partial charge in [0.1, 0.15) is 5.75 Å². The van der Waals surface area contributed by atoms with Crippen LogP contribution < -0.4 is 15.4 Å². The lowest BCUT2D eigenvalue weighted by Crippen LogP contribution is -2.25. The van der Waals surface area contributed by atoms with Gasteiger partial charge in [-0.2, -0.15) is 0 Å². The molecule has 0 spiro atoms. The highest BCUT2D eigenvalue weighted by atomic mass is 79.9. The molecule has 3 rings (SSSR count). The van der Waals surface area contributed by atoms with Gasteiger partial charge in [-0.3, -0.25) is 4.79 Å². The van der Waals surface area contributed by atoms with Crippen molar-refractivity contribution in [2.45, 2.75) is 6.54 Å². The fourth-order valence-electron chi connectivity index (χ4n) is 2.05. The van der Waals surface area contributed by atoms with Crippen LogP contribution in [0, 0.1) is 0 Å². The molecule has 1 amide bonds. The first-order valence-electron chi connectivity index (χ1n) is 6.36. The van der Waals surface area contributed by atoms with Gasteiger partial charge in [-0.1, -0.05) is 17.7 Å². The van der Waals surface area contributed by atoms with E-state index in [2.05, 4.69) is 26.6 Å². The zero-order chi connectivity index (χ0) is 14.8. The number of hydrogen-bond donors (Lipinski definition) is 2. The number of amides is 1. The van der Waals surface area contributed by atoms with E-state index in [9.17, 15) is 4.79 Å². The van der Waals surface area contributed by atoms with Crippen LogP contribution in [0.1, 0.15) is 5.56 Å². The number of fused-ring (bicyclic) bond motifs is 1. The minimum atomic E-state index is -0.130. The van der Waals surface area contributed by atoms with Crippen molar-refractivity contribution < 1.29 is 9.53 Å². The van der Waals surface area contributed by atoms with Crippen molar-refractivity contribution in [2.24, 2.45) is 0 Å². The predicted molar refractivity (Wildman–Crippen MR) is 87.0 cm³/mol. The molecule has 1 aliphatic heterocycles. The molecule has 1 aliphatic rings. The lowest BCUT2D eigenvalue weighted by Gasteiger charge is -2.18. The average molecular weight is 368 g/mol. The number of carbonyl (C=O) groups excluding carboxylic acids is 1. The topological polar surface area (TPSA) is 50.4 Å². The number of hydrogen-bond acceptors (Lipinski definition) is 3. The van der Waals surface area contributed by atoms with Crippen LogP contribution >= 0.6 is 27.5 Å². The molecule has 0 unspecified atom stereocenters. The summed E-state index contributed by atoms with van der Waals surface area (Å²) in [5.74, 6) is 0.571. The summed E-state index contributed by atoms with van der Waals surface area (Å²) in [7, 11) is 0. The highest BCUT2D eigenvalue weighted by molar-refractivity contribution is 9.10. The Morgan fingerprint density at radius 3 is 2.95 bits per heavy atom. The number of nitrogens with one attached hydrogen (secondary N) is 2. The summed E-state index contributed by atoms with van der Waals surface area (Å²) in [6, 6.07) is 11.4. The molecule has 0 atom stereocenters. The highest BCUT2D eigenvalue weighted by Gasteiger charge is 2.15. The SMILES string of the molecule is O=C1COc2ccc(CNc3ccc(Cl)c(Br)c3)cc2N1. The van der Waals surface area contributed by atoms with E-state index in [-0.39, 0.29) is 12.5 Å². The monoisotopic (exact) mass is 366 g/mol. The molecule has 4 nitrogen and oxygen atoms in total. The minimum Gasteiger partial charge on any atom is -0.482 e. The molecule has 0 saturated heterocycles. The van der Waals surface area contributed by atoms with Crippen molar-refractivity contribution in [3.05, 3.63) is 51.5 Å². The number of anilines is 2. The Labute approximate surface area is 135 Å². The van der Waals surface area contributed by atoms with E-state index in [1.165, 1.54) is 0 Å². The van der Waals surface area contributed by atoms with E-state index in [1.54, 1.807) is 0 Å². The van der Waals surface area contributed by atoms with Crippen molar-refractivity contribution in [1.29, 1.82) is 0 Å². The summed E-state index contributed by atoms with van der Waals surface area (Å²) < 4.78 is 6.18. The van der Waals surface area contributed by atoms with Gasteiger partial charge in [-0.15, -0.1) is 0 Å². The van der Waals surface area contributed by atoms with Gasteiger partial charge in [-0.25, -0.2) is 0 Å². The summed E-state index contributed by atoms with van der Waals surface area (Å²) >= 11 is 9.35. The van der Waals surface area contributed by atoms with E-state index in [0.717, 1.165) is 15.7 Å². The Kier molecular flexibility index (Phi) is 4.03. The van der Waals surface area contributed by atoms with Gasteiger partial charge >= 0.3 is 0 Å². The van der Waals surface area contributed by atoms with Crippen LogP contribution in [0.2, 0.25) is 5.02 Å². The van der Waals surface area contributed by atoms with Gasteiger partial charge in [0.2, 0.25) is 0 Å². The van der Waals surface area contributed by atoms with Gasteiger partial charge in [0.05, 0.1) is 10.7 Å². The zero-order valence-corrected chi connectivity index (χ0v) is 13.3. The molecule has 0 radical (unpaired) electrons. The van der Waals surface area contributed by atoms with Crippen LogP contribution in [0.3, 0.4) is 0 Å². The molecule has 2 aromatic carbocycles. The van der Waals surface area contributed by atoms with Crippen molar-refractivity contribution >= 4 is 44.8 Å². The molecule has 0 aliphatic carbocycles. The van der Waals surface area contributed by atoms with Crippen molar-refractivity contribution in [3.8, 4) is 5.75 Å². The fourth-order valence-corrected chi connectivity index (χ4v) is 2.55. The van der Waals surface area contributed by atoms with Gasteiger partial charge in [0.15, 0.2) is 6.61 Å². The normalized spacial score (nSPS) is 13.1. The molecule has 0 bridgehead atoms. The van der Waals surface area contributed by atoms with Gasteiger partial charge < -0.3 is 15.4 Å². The second-order valence-corrected chi connectivity index (χ2v) is 5.91. The predicted octanol–water partition coefficient (Wildman–Crippen LogP) is 4.05. The van der Waals surface area contributed by atoms with Crippen molar-refractivity contribution in [3.63, 3.8) is 0 Å². The second-order valence-electron chi connectivity index (χ2n) is 4.65. The van der Waals surface area contributed by atoms with E-state index in [0.29, 0.717) is 23.0 Å². The third-order valence-electron chi connectivity index (χ3n) is 3.09. The maximum atomic E-state index is 11.3. The third kappa shape index (κ3) is 3.31. The van der Waals surface area contributed by atoms with Crippen molar-refractivity contribution in [1.82, 2.24) is 0 Å². The third-order valence-corrected chi connectivity index (χ3v) is 4.31. The Morgan fingerprint density at radius 2 is 2.14 bits per heavy atom. The van der Waals surface area contributed by atoms with Crippen LogP contribution in [0.15, 0.2) is 40.9 Å². The summed E-state index contributed by atoms with van der Waals surface area (Å²) in [4.78, 5) is 11.3. The lowest BCUT2D eigenvalue weighted by atomic mass is 10.1. The molecule has 0 fully saturated rings. The minimum absolute atomic E-state index is 0.0728. The molecule has 1 heterocycles. The Bertz CT molecular complexity index is 706. The number of carbonyl (C=O) groups is 1. The quantitative estimate of drug-likeness (QED) is 0.860.